The van der Waals surface area contributed by atoms with Crippen molar-refractivity contribution in [3.63, 3.8) is 0 Å². The number of hydrogen-bond acceptors (Lipinski definition) is 7. The van der Waals surface area contributed by atoms with Gasteiger partial charge in [-0.1, -0.05) is 26.0 Å². The Labute approximate surface area is 234 Å². The number of benzene rings is 2. The van der Waals surface area contributed by atoms with Crippen LogP contribution in [0, 0.1) is 16.7 Å². The molecule has 12 heteroatoms. The molecule has 0 aliphatic rings. The molecule has 4 rings (SSSR count). The van der Waals surface area contributed by atoms with Crippen molar-refractivity contribution in [3.8, 4) is 11.8 Å². The maximum Gasteiger partial charge on any atom is 0.491 e. The molecule has 4 aromatic rings. The molecular weight excluding hydrogens is 539 g/mol. The van der Waals surface area contributed by atoms with E-state index in [1.54, 1.807) is 68.0 Å². The second-order valence-electron chi connectivity index (χ2n) is 9.68. The summed E-state index contributed by atoms with van der Waals surface area (Å²) in [4.78, 5) is 29.2. The number of carbonyl (C=O) groups is 2. The third-order valence-corrected chi connectivity index (χ3v) is 7.08. The van der Waals surface area contributed by atoms with Crippen molar-refractivity contribution in [1.82, 2.24) is 19.3 Å². The Morgan fingerprint density at radius 3 is 2.32 bits per heavy atom. The zero-order valence-electron chi connectivity index (χ0n) is 22.7. The van der Waals surface area contributed by atoms with Gasteiger partial charge in [0.15, 0.2) is 0 Å². The van der Waals surface area contributed by atoms with E-state index in [1.165, 1.54) is 0 Å². The minimum Gasteiger partial charge on any atom is -0.487 e. The minimum atomic E-state index is -5.29. The Kier molecular flexibility index (Phi) is 8.47. The van der Waals surface area contributed by atoms with Crippen LogP contribution in [-0.2, 0) is 40.9 Å². The van der Waals surface area contributed by atoms with Crippen LogP contribution in [0.3, 0.4) is 0 Å². The van der Waals surface area contributed by atoms with Gasteiger partial charge < -0.3 is 14.0 Å². The number of carbonyl (C=O) groups excluding carboxylic acids is 2. The molecule has 214 valence electrons. The van der Waals surface area contributed by atoms with Crippen molar-refractivity contribution in [2.24, 2.45) is 12.5 Å². The number of fused-ring (bicyclic) bond motifs is 1. The van der Waals surface area contributed by atoms with Gasteiger partial charge >= 0.3 is 18.1 Å². The molecule has 0 amide bonds. The SMILES string of the molecule is CCC(CC)(Cc1nc2ccc(OCc3ccn(C)n3)cc2n1Cc1ccc(C#N)cc1)C(=O)OC(=O)C(F)(F)F. The van der Waals surface area contributed by atoms with E-state index in [2.05, 4.69) is 15.9 Å². The molecule has 2 aromatic carbocycles. The van der Waals surface area contributed by atoms with E-state index < -0.39 is 23.5 Å². The van der Waals surface area contributed by atoms with E-state index in [0.717, 1.165) is 11.3 Å². The lowest BCUT2D eigenvalue weighted by Gasteiger charge is -2.28. The molecule has 0 spiro atoms. The van der Waals surface area contributed by atoms with Gasteiger partial charge in [0.05, 0.1) is 33.8 Å². The standard InChI is InChI=1S/C29H28F3N5O4/c1-4-28(5-2,26(38)41-27(39)29(30,31)32)15-25-34-23-11-10-22(40-18-21-12-13-36(3)35-21)14-24(23)37(25)17-20-8-6-19(16-33)7-9-20/h6-14H,4-5,15,17-18H2,1-3H3. The van der Waals surface area contributed by atoms with Crippen LogP contribution in [-0.4, -0.2) is 37.4 Å². The van der Waals surface area contributed by atoms with Gasteiger partial charge in [-0.05, 0) is 48.7 Å². The Bertz CT molecular complexity index is 1600. The highest BCUT2D eigenvalue weighted by atomic mass is 19.4. The van der Waals surface area contributed by atoms with Gasteiger partial charge in [0.1, 0.15) is 18.2 Å². The number of hydrogen-bond donors (Lipinski definition) is 0. The summed E-state index contributed by atoms with van der Waals surface area (Å²) in [5.74, 6) is -2.83. The first-order valence-corrected chi connectivity index (χ1v) is 12.9. The van der Waals surface area contributed by atoms with Gasteiger partial charge in [-0.3, -0.25) is 9.48 Å². The predicted octanol–water partition coefficient (Wildman–Crippen LogP) is 5.25. The fourth-order valence-corrected chi connectivity index (χ4v) is 4.53. The van der Waals surface area contributed by atoms with E-state index in [9.17, 15) is 22.8 Å². The quantitative estimate of drug-likeness (QED) is 0.190. The molecule has 2 heterocycles. The topological polar surface area (TPSA) is 112 Å². The minimum absolute atomic E-state index is 0.0704. The number of nitrogens with zero attached hydrogens (tertiary/aromatic N) is 5. The molecule has 0 fully saturated rings. The van der Waals surface area contributed by atoms with Crippen LogP contribution < -0.4 is 4.74 Å². The lowest BCUT2D eigenvalue weighted by Crippen LogP contribution is -2.39. The summed E-state index contributed by atoms with van der Waals surface area (Å²) in [6.45, 7) is 3.83. The molecule has 9 nitrogen and oxygen atoms in total. The average Bonchev–Trinajstić information content (AvgIpc) is 3.52. The monoisotopic (exact) mass is 567 g/mol. The second-order valence-corrected chi connectivity index (χ2v) is 9.68. The second kappa shape index (κ2) is 11.8. The van der Waals surface area contributed by atoms with Crippen molar-refractivity contribution in [3.05, 3.63) is 77.4 Å². The highest BCUT2D eigenvalue weighted by Crippen LogP contribution is 2.35. The number of nitriles is 1. The van der Waals surface area contributed by atoms with Gasteiger partial charge in [0.2, 0.25) is 0 Å². The molecule has 0 saturated carbocycles. The Morgan fingerprint density at radius 1 is 1.02 bits per heavy atom. The van der Waals surface area contributed by atoms with E-state index >= 15 is 0 Å². The molecular formula is C29H28F3N5O4. The van der Waals surface area contributed by atoms with Crippen LogP contribution in [0.15, 0.2) is 54.7 Å². The molecule has 0 atom stereocenters. The third kappa shape index (κ3) is 6.57. The maximum absolute atomic E-state index is 13.0. The number of esters is 2. The van der Waals surface area contributed by atoms with Gasteiger partial charge in [0.25, 0.3) is 0 Å². The number of aryl methyl sites for hydroxylation is 1. The first-order valence-electron chi connectivity index (χ1n) is 12.9. The first kappa shape index (κ1) is 29.3. The van der Waals surface area contributed by atoms with Gasteiger partial charge in [0, 0.05) is 32.3 Å². The number of imidazole rings is 1. The number of aromatic nitrogens is 4. The molecule has 0 aliphatic heterocycles. The average molecular weight is 568 g/mol. The van der Waals surface area contributed by atoms with E-state index in [0.29, 0.717) is 34.7 Å². The fraction of sp³-hybridized carbons (Fsp3) is 0.345. The van der Waals surface area contributed by atoms with E-state index in [-0.39, 0.29) is 25.9 Å². The molecule has 0 unspecified atom stereocenters. The summed E-state index contributed by atoms with van der Waals surface area (Å²) in [6, 6.07) is 16.1. The summed E-state index contributed by atoms with van der Waals surface area (Å²) in [5, 5.41) is 13.5. The largest absolute Gasteiger partial charge is 0.491 e. The van der Waals surface area contributed by atoms with Crippen molar-refractivity contribution in [2.45, 2.75) is 52.4 Å². The Morgan fingerprint density at radius 2 is 1.73 bits per heavy atom. The molecule has 0 radical (unpaired) electrons. The summed E-state index contributed by atoms with van der Waals surface area (Å²) in [5.41, 5.74) is 1.88. The van der Waals surface area contributed by atoms with Gasteiger partial charge in [-0.2, -0.15) is 23.5 Å². The summed E-state index contributed by atoms with van der Waals surface area (Å²) in [7, 11) is 1.81. The molecule has 41 heavy (non-hydrogen) atoms. The van der Waals surface area contributed by atoms with Crippen LogP contribution >= 0.6 is 0 Å². The lowest BCUT2D eigenvalue weighted by atomic mass is 9.79. The summed E-state index contributed by atoms with van der Waals surface area (Å²) in [6.07, 6.45) is -3.32. The Hall–Kier alpha value is -4.66. The molecule has 0 saturated heterocycles. The summed E-state index contributed by atoms with van der Waals surface area (Å²) < 4.78 is 52.3. The van der Waals surface area contributed by atoms with Crippen LogP contribution in [0.1, 0.15) is 49.3 Å². The number of ether oxygens (including phenoxy) is 2. The van der Waals surface area contributed by atoms with Crippen molar-refractivity contribution in [2.75, 3.05) is 0 Å². The van der Waals surface area contributed by atoms with Crippen LogP contribution in [0.5, 0.6) is 5.75 Å². The van der Waals surface area contributed by atoms with Crippen LogP contribution in [0.25, 0.3) is 11.0 Å². The normalized spacial score (nSPS) is 11.8. The third-order valence-electron chi connectivity index (χ3n) is 7.08. The Balaban J connectivity index is 1.73. The molecule has 2 aromatic heterocycles. The van der Waals surface area contributed by atoms with E-state index in [4.69, 9.17) is 15.0 Å². The zero-order valence-corrected chi connectivity index (χ0v) is 22.7. The molecule has 0 aliphatic carbocycles. The zero-order chi connectivity index (χ0) is 29.8. The lowest BCUT2D eigenvalue weighted by molar-refractivity contribution is -0.205. The smallest absolute Gasteiger partial charge is 0.487 e. The van der Waals surface area contributed by atoms with Crippen molar-refractivity contribution >= 4 is 23.0 Å². The first-order chi connectivity index (χ1) is 19.5. The van der Waals surface area contributed by atoms with Crippen LogP contribution in [0.4, 0.5) is 13.2 Å². The maximum atomic E-state index is 13.0. The molecule has 0 bridgehead atoms. The van der Waals surface area contributed by atoms with E-state index in [1.807, 2.05) is 16.8 Å². The van der Waals surface area contributed by atoms with Crippen molar-refractivity contribution in [1.29, 1.82) is 5.26 Å². The number of halogens is 3. The fourth-order valence-electron chi connectivity index (χ4n) is 4.53. The summed E-state index contributed by atoms with van der Waals surface area (Å²) >= 11 is 0. The highest BCUT2D eigenvalue weighted by Gasteiger charge is 2.47. The number of alkyl halides is 3. The highest BCUT2D eigenvalue weighted by molar-refractivity contribution is 5.91. The van der Waals surface area contributed by atoms with Crippen LogP contribution in [0.2, 0.25) is 0 Å². The van der Waals surface area contributed by atoms with Gasteiger partial charge in [-0.25, -0.2) is 9.78 Å². The molecule has 0 N–H and O–H groups in total. The predicted molar refractivity (Wildman–Crippen MR) is 141 cm³/mol. The number of rotatable bonds is 10. The van der Waals surface area contributed by atoms with Gasteiger partial charge in [-0.15, -0.1) is 0 Å². The van der Waals surface area contributed by atoms with Crippen molar-refractivity contribution < 1.29 is 32.2 Å².